The summed E-state index contributed by atoms with van der Waals surface area (Å²) in [6.45, 7) is 3.23. The average molecular weight is 376 g/mol. The predicted molar refractivity (Wildman–Crippen MR) is 108 cm³/mol. The Labute approximate surface area is 164 Å². The molecular formula is C23H24N2O3. The van der Waals surface area contributed by atoms with Crippen LogP contribution in [0.15, 0.2) is 48.5 Å². The third-order valence-corrected chi connectivity index (χ3v) is 6.20. The lowest BCUT2D eigenvalue weighted by Gasteiger charge is -2.34. The van der Waals surface area contributed by atoms with Gasteiger partial charge in [-0.15, -0.1) is 0 Å². The summed E-state index contributed by atoms with van der Waals surface area (Å²) in [5.74, 6) is 0.942. The second-order valence-corrected chi connectivity index (χ2v) is 7.80. The van der Waals surface area contributed by atoms with Crippen LogP contribution < -0.4 is 4.74 Å². The number of para-hydroxylation sites is 1. The second-order valence-electron chi connectivity index (χ2n) is 7.80. The van der Waals surface area contributed by atoms with Crippen LogP contribution in [-0.4, -0.2) is 39.9 Å². The van der Waals surface area contributed by atoms with E-state index in [0.717, 1.165) is 25.0 Å². The van der Waals surface area contributed by atoms with Gasteiger partial charge in [0.15, 0.2) is 0 Å². The van der Waals surface area contributed by atoms with Crippen LogP contribution in [0.25, 0.3) is 10.9 Å². The van der Waals surface area contributed by atoms with Gasteiger partial charge < -0.3 is 19.3 Å². The molecule has 0 fully saturated rings. The van der Waals surface area contributed by atoms with Gasteiger partial charge in [0.05, 0.1) is 11.6 Å². The number of ether oxygens (including phenoxy) is 1. The lowest BCUT2D eigenvalue weighted by molar-refractivity contribution is 0.139. The smallest absolute Gasteiger partial charge is 0.407 e. The van der Waals surface area contributed by atoms with Gasteiger partial charge in [-0.25, -0.2) is 4.79 Å². The standard InChI is InChI=1S/C23H24N2O3/c1-15-20(14-16-6-3-2-4-7-16)25-19-11-13-24(23(26)27)12-10-17(19)18-8-5-9-21(28-15)22(18)25/h2-9,15,20H,10-14H2,1H3,(H,26,27). The molecule has 28 heavy (non-hydrogen) atoms. The van der Waals surface area contributed by atoms with Crippen molar-refractivity contribution in [2.75, 3.05) is 13.1 Å². The van der Waals surface area contributed by atoms with Gasteiger partial charge in [-0.1, -0.05) is 42.5 Å². The zero-order valence-electron chi connectivity index (χ0n) is 16.0. The fraction of sp³-hybridized carbons (Fsp3) is 0.348. The molecule has 0 spiro atoms. The van der Waals surface area contributed by atoms with Gasteiger partial charge in [0.2, 0.25) is 0 Å². The Hall–Kier alpha value is -2.95. The van der Waals surface area contributed by atoms with Crippen molar-refractivity contribution in [1.29, 1.82) is 0 Å². The SMILES string of the molecule is CC1Oc2cccc3c4c(n(c23)C1Cc1ccccc1)CCN(C(=O)O)CC4. The quantitative estimate of drug-likeness (QED) is 0.726. The Balaban J connectivity index is 1.65. The summed E-state index contributed by atoms with van der Waals surface area (Å²) in [7, 11) is 0. The van der Waals surface area contributed by atoms with Crippen LogP contribution in [0.5, 0.6) is 5.75 Å². The maximum atomic E-state index is 11.5. The van der Waals surface area contributed by atoms with Crippen LogP contribution in [0.1, 0.15) is 29.8 Å². The van der Waals surface area contributed by atoms with Crippen LogP contribution in [0.2, 0.25) is 0 Å². The first-order valence-electron chi connectivity index (χ1n) is 9.96. The van der Waals surface area contributed by atoms with E-state index in [9.17, 15) is 9.90 Å². The molecule has 1 amide bonds. The number of benzene rings is 2. The van der Waals surface area contributed by atoms with E-state index in [1.165, 1.54) is 32.6 Å². The highest BCUT2D eigenvalue weighted by Crippen LogP contribution is 2.42. The molecule has 1 N–H and O–H groups in total. The minimum absolute atomic E-state index is 0.0497. The van der Waals surface area contributed by atoms with Gasteiger partial charge in [0.25, 0.3) is 0 Å². The number of amides is 1. The summed E-state index contributed by atoms with van der Waals surface area (Å²) in [6, 6.07) is 17.0. The minimum atomic E-state index is -0.827. The number of aromatic nitrogens is 1. The minimum Gasteiger partial charge on any atom is -0.486 e. The topological polar surface area (TPSA) is 54.7 Å². The highest BCUT2D eigenvalue weighted by molar-refractivity contribution is 5.91. The Morgan fingerprint density at radius 3 is 2.68 bits per heavy atom. The molecule has 0 aliphatic carbocycles. The molecular weight excluding hydrogens is 352 g/mol. The fourth-order valence-electron chi connectivity index (χ4n) is 4.85. The number of carboxylic acid groups (broad SMARTS) is 1. The largest absolute Gasteiger partial charge is 0.486 e. The van der Waals surface area contributed by atoms with E-state index in [1.807, 2.05) is 12.1 Å². The predicted octanol–water partition coefficient (Wildman–Crippen LogP) is 4.28. The second kappa shape index (κ2) is 6.59. The first-order valence-corrected chi connectivity index (χ1v) is 9.96. The van der Waals surface area contributed by atoms with Crippen molar-refractivity contribution in [1.82, 2.24) is 9.47 Å². The zero-order chi connectivity index (χ0) is 19.3. The van der Waals surface area contributed by atoms with Crippen molar-refractivity contribution in [3.05, 3.63) is 65.4 Å². The van der Waals surface area contributed by atoms with Crippen molar-refractivity contribution in [3.8, 4) is 5.75 Å². The summed E-state index contributed by atoms with van der Waals surface area (Å²) in [5.41, 5.74) is 5.03. The van der Waals surface area contributed by atoms with Crippen LogP contribution in [0.4, 0.5) is 4.79 Å². The van der Waals surface area contributed by atoms with Crippen molar-refractivity contribution < 1.29 is 14.6 Å². The van der Waals surface area contributed by atoms with Crippen LogP contribution >= 0.6 is 0 Å². The van der Waals surface area contributed by atoms with E-state index < -0.39 is 6.09 Å². The molecule has 2 aliphatic heterocycles. The molecule has 144 valence electrons. The van der Waals surface area contributed by atoms with Crippen LogP contribution in [0, 0.1) is 0 Å². The first kappa shape index (κ1) is 17.2. The van der Waals surface area contributed by atoms with Crippen molar-refractivity contribution in [2.45, 2.75) is 38.3 Å². The number of rotatable bonds is 2. The molecule has 0 saturated carbocycles. The number of nitrogens with zero attached hydrogens (tertiary/aromatic N) is 2. The monoisotopic (exact) mass is 376 g/mol. The van der Waals surface area contributed by atoms with Gasteiger partial charge in [0.1, 0.15) is 11.9 Å². The van der Waals surface area contributed by atoms with Gasteiger partial charge in [-0.05, 0) is 37.0 Å². The maximum Gasteiger partial charge on any atom is 0.407 e. The number of carbonyl (C=O) groups is 1. The van der Waals surface area contributed by atoms with Gasteiger partial charge >= 0.3 is 6.09 Å². The fourth-order valence-corrected chi connectivity index (χ4v) is 4.85. The van der Waals surface area contributed by atoms with E-state index in [2.05, 4.69) is 47.9 Å². The molecule has 2 aliphatic rings. The molecule has 0 radical (unpaired) electrons. The summed E-state index contributed by atoms with van der Waals surface area (Å²) in [6.07, 6.45) is 1.62. The molecule has 2 aromatic carbocycles. The highest BCUT2D eigenvalue weighted by atomic mass is 16.5. The number of hydrogen-bond donors (Lipinski definition) is 1. The average Bonchev–Trinajstić information content (AvgIpc) is 2.85. The molecule has 5 nitrogen and oxygen atoms in total. The van der Waals surface area contributed by atoms with Crippen molar-refractivity contribution in [2.24, 2.45) is 0 Å². The van der Waals surface area contributed by atoms with Crippen LogP contribution in [0.3, 0.4) is 0 Å². The van der Waals surface area contributed by atoms with Crippen molar-refractivity contribution >= 4 is 17.0 Å². The number of fused-ring (bicyclic) bond motifs is 3. The molecule has 2 unspecified atom stereocenters. The van der Waals surface area contributed by atoms with E-state index in [-0.39, 0.29) is 12.1 Å². The molecule has 0 saturated heterocycles. The molecule has 5 rings (SSSR count). The molecule has 3 heterocycles. The van der Waals surface area contributed by atoms with E-state index >= 15 is 0 Å². The van der Waals surface area contributed by atoms with Gasteiger partial charge in [0, 0.05) is 30.6 Å². The van der Waals surface area contributed by atoms with E-state index in [4.69, 9.17) is 4.74 Å². The zero-order valence-corrected chi connectivity index (χ0v) is 16.0. The first-order chi connectivity index (χ1) is 13.6. The highest BCUT2D eigenvalue weighted by Gasteiger charge is 2.34. The van der Waals surface area contributed by atoms with Gasteiger partial charge in [-0.3, -0.25) is 0 Å². The summed E-state index contributed by atoms with van der Waals surface area (Å²) in [4.78, 5) is 13.1. The van der Waals surface area contributed by atoms with E-state index in [0.29, 0.717) is 13.1 Å². The Kier molecular flexibility index (Phi) is 4.04. The Morgan fingerprint density at radius 1 is 1.11 bits per heavy atom. The third-order valence-electron chi connectivity index (χ3n) is 6.20. The molecule has 3 aromatic rings. The molecule has 5 heteroatoms. The normalized spacial score (nSPS) is 21.1. The Morgan fingerprint density at radius 2 is 1.89 bits per heavy atom. The maximum absolute atomic E-state index is 11.5. The lowest BCUT2D eigenvalue weighted by Crippen LogP contribution is -2.34. The molecule has 1 aromatic heterocycles. The third kappa shape index (κ3) is 2.65. The summed E-state index contributed by atoms with van der Waals surface area (Å²) < 4.78 is 8.80. The molecule has 0 bridgehead atoms. The van der Waals surface area contributed by atoms with Gasteiger partial charge in [-0.2, -0.15) is 0 Å². The Bertz CT molecular complexity index is 1040. The summed E-state index contributed by atoms with van der Waals surface area (Å²) >= 11 is 0. The lowest BCUT2D eigenvalue weighted by atomic mass is 10.00. The van der Waals surface area contributed by atoms with Crippen LogP contribution in [-0.2, 0) is 19.3 Å². The van der Waals surface area contributed by atoms with Crippen molar-refractivity contribution in [3.63, 3.8) is 0 Å². The van der Waals surface area contributed by atoms with E-state index in [1.54, 1.807) is 0 Å². The number of hydrogen-bond acceptors (Lipinski definition) is 2. The summed E-state index contributed by atoms with van der Waals surface area (Å²) in [5, 5.41) is 10.7. The molecule has 2 atom stereocenters.